The second-order valence-electron chi connectivity index (χ2n) is 4.82. The first-order chi connectivity index (χ1) is 10.2. The molecule has 1 amide bonds. The minimum atomic E-state index is -1.06. The van der Waals surface area contributed by atoms with E-state index in [9.17, 15) is 9.59 Å². The van der Waals surface area contributed by atoms with Gasteiger partial charge in [-0.05, 0) is 12.1 Å². The van der Waals surface area contributed by atoms with Crippen LogP contribution in [0.4, 0.5) is 0 Å². The van der Waals surface area contributed by atoms with Gasteiger partial charge in [0.1, 0.15) is 5.69 Å². The first-order valence-electron chi connectivity index (χ1n) is 6.60. The predicted molar refractivity (Wildman–Crippen MR) is 71.7 cm³/mol. The molecule has 1 fully saturated rings. The van der Waals surface area contributed by atoms with Crippen molar-refractivity contribution < 1.29 is 24.0 Å². The van der Waals surface area contributed by atoms with Crippen LogP contribution in [-0.2, 0) is 20.7 Å². The maximum Gasteiger partial charge on any atom is 0.328 e. The molecular weight excluding hydrogens is 276 g/mol. The average molecular weight is 290 g/mol. The number of carbonyl (C=O) groups is 2. The number of aromatic nitrogens is 1. The number of hydrogen-bond acceptors (Lipinski definition) is 5. The van der Waals surface area contributed by atoms with E-state index < -0.39 is 12.0 Å². The first kappa shape index (κ1) is 13.6. The molecule has 0 aliphatic carbocycles. The highest BCUT2D eigenvalue weighted by atomic mass is 16.5. The third-order valence-electron chi connectivity index (χ3n) is 3.50. The number of hydrogen-bond donors (Lipinski definition) is 1. The van der Waals surface area contributed by atoms with Gasteiger partial charge in [-0.25, -0.2) is 4.79 Å². The molecule has 110 valence electrons. The van der Waals surface area contributed by atoms with Gasteiger partial charge < -0.3 is 19.3 Å². The number of rotatable bonds is 3. The molecule has 0 spiro atoms. The van der Waals surface area contributed by atoms with Crippen LogP contribution in [-0.4, -0.2) is 52.8 Å². The van der Waals surface area contributed by atoms with Crippen LogP contribution < -0.4 is 0 Å². The molecule has 0 saturated carbocycles. The van der Waals surface area contributed by atoms with E-state index in [1.165, 1.54) is 4.90 Å². The third kappa shape index (κ3) is 2.59. The molecule has 2 aromatic rings. The van der Waals surface area contributed by atoms with E-state index in [1.807, 2.05) is 18.2 Å². The maximum absolute atomic E-state index is 12.3. The fraction of sp³-hybridized carbons (Fsp3) is 0.357. The van der Waals surface area contributed by atoms with Crippen LogP contribution in [0.5, 0.6) is 0 Å². The van der Waals surface area contributed by atoms with E-state index in [2.05, 4.69) is 5.16 Å². The van der Waals surface area contributed by atoms with Gasteiger partial charge in [-0.3, -0.25) is 4.79 Å². The van der Waals surface area contributed by atoms with Crippen LogP contribution in [0, 0.1) is 0 Å². The highest BCUT2D eigenvalue weighted by Crippen LogP contribution is 2.19. The molecule has 0 unspecified atom stereocenters. The summed E-state index contributed by atoms with van der Waals surface area (Å²) in [6.07, 6.45) is 0.0147. The lowest BCUT2D eigenvalue weighted by atomic mass is 10.1. The monoisotopic (exact) mass is 290 g/mol. The summed E-state index contributed by atoms with van der Waals surface area (Å²) in [4.78, 5) is 24.9. The molecule has 0 radical (unpaired) electrons. The summed E-state index contributed by atoms with van der Waals surface area (Å²) in [6.45, 7) is 0.626. The number of amides is 1. The largest absolute Gasteiger partial charge is 0.480 e. The number of aliphatic carboxylic acids is 1. The Hall–Kier alpha value is -2.41. The van der Waals surface area contributed by atoms with Crippen molar-refractivity contribution in [1.29, 1.82) is 0 Å². The van der Waals surface area contributed by atoms with Gasteiger partial charge in [0.05, 0.1) is 19.6 Å². The molecule has 21 heavy (non-hydrogen) atoms. The summed E-state index contributed by atoms with van der Waals surface area (Å²) in [5.41, 5.74) is 1.13. The number of benzene rings is 1. The van der Waals surface area contributed by atoms with Crippen LogP contribution in [0.1, 0.15) is 5.69 Å². The number of carboxylic acids is 1. The topological polar surface area (TPSA) is 92.9 Å². The summed E-state index contributed by atoms with van der Waals surface area (Å²) >= 11 is 0. The van der Waals surface area contributed by atoms with Crippen LogP contribution in [0.15, 0.2) is 28.8 Å². The first-order valence-corrected chi connectivity index (χ1v) is 6.60. The van der Waals surface area contributed by atoms with E-state index in [0.29, 0.717) is 17.9 Å². The van der Waals surface area contributed by atoms with Crippen molar-refractivity contribution in [3.63, 3.8) is 0 Å². The lowest BCUT2D eigenvalue weighted by molar-refractivity contribution is -0.158. The maximum atomic E-state index is 12.3. The van der Waals surface area contributed by atoms with Crippen molar-refractivity contribution >= 4 is 22.8 Å². The number of carbonyl (C=O) groups excluding carboxylic acids is 1. The van der Waals surface area contributed by atoms with Crippen molar-refractivity contribution in [2.24, 2.45) is 0 Å². The molecular formula is C14H14N2O5. The molecule has 1 saturated heterocycles. The SMILES string of the molecule is O=C(O)[C@@H]1COCCN1C(=O)Cc1noc2ccccc12. The van der Waals surface area contributed by atoms with Crippen LogP contribution in [0.25, 0.3) is 11.0 Å². The average Bonchev–Trinajstić information content (AvgIpc) is 2.90. The number of nitrogens with zero attached hydrogens (tertiary/aromatic N) is 2. The van der Waals surface area contributed by atoms with Crippen molar-refractivity contribution in [1.82, 2.24) is 10.1 Å². The zero-order chi connectivity index (χ0) is 14.8. The van der Waals surface area contributed by atoms with E-state index in [1.54, 1.807) is 6.07 Å². The highest BCUT2D eigenvalue weighted by Gasteiger charge is 2.33. The Balaban J connectivity index is 1.80. The summed E-state index contributed by atoms with van der Waals surface area (Å²) in [6, 6.07) is 6.31. The Kier molecular flexibility index (Phi) is 3.57. The van der Waals surface area contributed by atoms with Gasteiger partial charge in [-0.15, -0.1) is 0 Å². The fourth-order valence-electron chi connectivity index (χ4n) is 2.42. The number of carboxylic acid groups (broad SMARTS) is 1. The van der Waals surface area contributed by atoms with Gasteiger partial charge in [0, 0.05) is 11.9 Å². The van der Waals surface area contributed by atoms with Gasteiger partial charge >= 0.3 is 5.97 Å². The van der Waals surface area contributed by atoms with Crippen molar-refractivity contribution in [3.8, 4) is 0 Å². The van der Waals surface area contributed by atoms with Gasteiger partial charge in [-0.2, -0.15) is 0 Å². The Morgan fingerprint density at radius 2 is 2.19 bits per heavy atom. The van der Waals surface area contributed by atoms with Gasteiger partial charge in [0.2, 0.25) is 5.91 Å². The quantitative estimate of drug-likeness (QED) is 0.893. The molecule has 3 rings (SSSR count). The highest BCUT2D eigenvalue weighted by molar-refractivity contribution is 5.89. The number of para-hydroxylation sites is 1. The Labute approximate surface area is 120 Å². The third-order valence-corrected chi connectivity index (χ3v) is 3.50. The molecule has 7 nitrogen and oxygen atoms in total. The molecule has 1 aliphatic heterocycles. The standard InChI is InChI=1S/C14H14N2O5/c17-13(16-5-6-20-8-11(16)14(18)19)7-10-9-3-1-2-4-12(9)21-15-10/h1-4,11H,5-8H2,(H,18,19)/t11-/m0/s1. The smallest absolute Gasteiger partial charge is 0.328 e. The molecule has 1 aromatic heterocycles. The van der Waals surface area contributed by atoms with Gasteiger partial charge in [0.15, 0.2) is 11.6 Å². The van der Waals surface area contributed by atoms with Crippen LogP contribution >= 0.6 is 0 Å². The minimum Gasteiger partial charge on any atom is -0.480 e. The van der Waals surface area contributed by atoms with E-state index in [-0.39, 0.29) is 25.5 Å². The van der Waals surface area contributed by atoms with E-state index in [0.717, 1.165) is 5.39 Å². The van der Waals surface area contributed by atoms with E-state index in [4.69, 9.17) is 14.4 Å². The normalized spacial score (nSPS) is 18.9. The van der Waals surface area contributed by atoms with Crippen molar-refractivity contribution in [2.45, 2.75) is 12.5 Å². The predicted octanol–water partition coefficient (Wildman–Crippen LogP) is 0.682. The van der Waals surface area contributed by atoms with Crippen molar-refractivity contribution in [3.05, 3.63) is 30.0 Å². The summed E-state index contributed by atoms with van der Waals surface area (Å²) in [5, 5.41) is 13.8. The molecule has 7 heteroatoms. The summed E-state index contributed by atoms with van der Waals surface area (Å²) in [5.74, 6) is -1.35. The Morgan fingerprint density at radius 1 is 1.38 bits per heavy atom. The molecule has 2 heterocycles. The Morgan fingerprint density at radius 3 is 3.00 bits per heavy atom. The molecule has 1 aromatic carbocycles. The molecule has 1 atom stereocenters. The summed E-state index contributed by atoms with van der Waals surface area (Å²) < 4.78 is 10.3. The second kappa shape index (κ2) is 5.53. The van der Waals surface area contributed by atoms with Crippen molar-refractivity contribution in [2.75, 3.05) is 19.8 Å². The fourth-order valence-corrected chi connectivity index (χ4v) is 2.42. The van der Waals surface area contributed by atoms with Crippen LogP contribution in [0.2, 0.25) is 0 Å². The number of ether oxygens (including phenoxy) is 1. The Bertz CT molecular complexity index is 681. The zero-order valence-corrected chi connectivity index (χ0v) is 11.2. The minimum absolute atomic E-state index is 0.0145. The summed E-state index contributed by atoms with van der Waals surface area (Å²) in [7, 11) is 0. The zero-order valence-electron chi connectivity index (χ0n) is 11.2. The van der Waals surface area contributed by atoms with E-state index >= 15 is 0 Å². The lowest BCUT2D eigenvalue weighted by Crippen LogP contribution is -2.53. The number of fused-ring (bicyclic) bond motifs is 1. The van der Waals surface area contributed by atoms with Crippen LogP contribution in [0.3, 0.4) is 0 Å². The lowest BCUT2D eigenvalue weighted by Gasteiger charge is -2.32. The molecule has 1 N–H and O–H groups in total. The van der Waals surface area contributed by atoms with Gasteiger partial charge in [0.25, 0.3) is 0 Å². The molecule has 1 aliphatic rings. The molecule has 0 bridgehead atoms. The number of morpholine rings is 1. The second-order valence-corrected chi connectivity index (χ2v) is 4.82. The van der Waals surface area contributed by atoms with Gasteiger partial charge in [-0.1, -0.05) is 17.3 Å².